The largest absolute Gasteiger partial charge is 0.300 e. The molecule has 1 aromatic carbocycles. The van der Waals surface area contributed by atoms with Crippen LogP contribution in [0.15, 0.2) is 53.9 Å². The van der Waals surface area contributed by atoms with Gasteiger partial charge in [0.15, 0.2) is 0 Å². The van der Waals surface area contributed by atoms with Crippen LogP contribution in [-0.2, 0) is 5.41 Å². The summed E-state index contributed by atoms with van der Waals surface area (Å²) in [4.78, 5) is 4.74. The molecule has 0 aliphatic carbocycles. The van der Waals surface area contributed by atoms with Crippen LogP contribution in [0.2, 0.25) is 0 Å². The van der Waals surface area contributed by atoms with Crippen LogP contribution in [0.5, 0.6) is 0 Å². The molecular formula is C23H32N2. The molecule has 0 fully saturated rings. The van der Waals surface area contributed by atoms with Gasteiger partial charge in [-0.15, -0.1) is 0 Å². The molecule has 0 aliphatic heterocycles. The monoisotopic (exact) mass is 336 g/mol. The van der Waals surface area contributed by atoms with Gasteiger partial charge in [0.2, 0.25) is 0 Å². The first kappa shape index (κ1) is 19.2. The van der Waals surface area contributed by atoms with Crippen LogP contribution in [-0.4, -0.2) is 9.55 Å². The van der Waals surface area contributed by atoms with Crippen LogP contribution in [0.3, 0.4) is 0 Å². The fraction of sp³-hybridized carbons (Fsp3) is 0.435. The fourth-order valence-electron chi connectivity index (χ4n) is 3.20. The Hall–Kier alpha value is -2.09. The zero-order valence-electron chi connectivity index (χ0n) is 17.0. The number of nitrogens with zero attached hydrogens (tertiary/aromatic N) is 2. The molecule has 0 bridgehead atoms. The Morgan fingerprint density at radius 3 is 2.32 bits per heavy atom. The summed E-state index contributed by atoms with van der Waals surface area (Å²) in [7, 11) is 0. The highest BCUT2D eigenvalue weighted by molar-refractivity contribution is 5.73. The number of aromatic nitrogens is 2. The average Bonchev–Trinajstić information content (AvgIpc) is 3.03. The average molecular weight is 337 g/mol. The normalized spacial score (nSPS) is 12.6. The second-order valence-corrected chi connectivity index (χ2v) is 7.86. The number of benzene rings is 1. The van der Waals surface area contributed by atoms with Gasteiger partial charge in [0.05, 0.1) is 0 Å². The van der Waals surface area contributed by atoms with E-state index in [2.05, 4.69) is 96.5 Å². The van der Waals surface area contributed by atoms with E-state index in [0.29, 0.717) is 5.92 Å². The van der Waals surface area contributed by atoms with Crippen molar-refractivity contribution in [1.82, 2.24) is 9.55 Å². The predicted molar refractivity (Wildman–Crippen MR) is 110 cm³/mol. The molecule has 0 saturated heterocycles. The van der Waals surface area contributed by atoms with Gasteiger partial charge in [0.1, 0.15) is 5.82 Å². The summed E-state index contributed by atoms with van der Waals surface area (Å²) < 4.78 is 2.24. The van der Waals surface area contributed by atoms with Gasteiger partial charge in [-0.3, -0.25) is 4.57 Å². The van der Waals surface area contributed by atoms with Gasteiger partial charge in [0, 0.05) is 23.7 Å². The zero-order valence-corrected chi connectivity index (χ0v) is 17.0. The molecule has 2 rings (SSSR count). The Balaban J connectivity index is 2.73. The molecule has 0 spiro atoms. The van der Waals surface area contributed by atoms with E-state index in [1.165, 1.54) is 28.0 Å². The Kier molecular flexibility index (Phi) is 5.72. The van der Waals surface area contributed by atoms with Crippen molar-refractivity contribution in [2.45, 2.75) is 60.8 Å². The van der Waals surface area contributed by atoms with Crippen molar-refractivity contribution in [2.24, 2.45) is 5.92 Å². The minimum absolute atomic E-state index is 0.0775. The van der Waals surface area contributed by atoms with Crippen LogP contribution < -0.4 is 0 Å². The molecule has 0 aliphatic rings. The lowest BCUT2D eigenvalue weighted by molar-refractivity contribution is 0.373. The molecule has 0 amide bonds. The molecule has 134 valence electrons. The molecular weight excluding hydrogens is 304 g/mol. The number of allylic oxidation sites excluding steroid dienone is 4. The molecule has 2 aromatic rings. The number of hydrogen-bond acceptors (Lipinski definition) is 1. The number of rotatable bonds is 5. The van der Waals surface area contributed by atoms with E-state index in [9.17, 15) is 0 Å². The fourth-order valence-corrected chi connectivity index (χ4v) is 3.20. The smallest absolute Gasteiger partial charge is 0.144 e. The lowest BCUT2D eigenvalue weighted by Crippen LogP contribution is -2.25. The minimum atomic E-state index is 0.0775. The quantitative estimate of drug-likeness (QED) is 0.555. The Morgan fingerprint density at radius 2 is 1.76 bits per heavy atom. The predicted octanol–water partition coefficient (Wildman–Crippen LogP) is 6.70. The standard InChI is InChI=1S/C23H32N2/c1-9-18(6)21(16(2)3)25-15-14-24-22(25)19-12-10-11-13-20(19)23(7,8)17(4)5/h9-15,17H,1-8H3/b18-9-. The van der Waals surface area contributed by atoms with Crippen molar-refractivity contribution in [1.29, 1.82) is 0 Å². The van der Waals surface area contributed by atoms with Gasteiger partial charge < -0.3 is 0 Å². The van der Waals surface area contributed by atoms with E-state index >= 15 is 0 Å². The molecule has 1 aromatic heterocycles. The maximum atomic E-state index is 4.74. The highest BCUT2D eigenvalue weighted by atomic mass is 15.1. The SMILES string of the molecule is C/C=C(/C)C(=C(C)C)n1ccnc1-c1ccccc1C(C)(C)C(C)C. The lowest BCUT2D eigenvalue weighted by atomic mass is 9.73. The van der Waals surface area contributed by atoms with Crippen LogP contribution in [0.25, 0.3) is 17.1 Å². The molecule has 1 heterocycles. The maximum Gasteiger partial charge on any atom is 0.144 e. The van der Waals surface area contributed by atoms with Crippen LogP contribution >= 0.6 is 0 Å². The van der Waals surface area contributed by atoms with Gasteiger partial charge >= 0.3 is 0 Å². The maximum absolute atomic E-state index is 4.74. The summed E-state index contributed by atoms with van der Waals surface area (Å²) in [6.45, 7) is 17.8. The van der Waals surface area contributed by atoms with E-state index in [1.54, 1.807) is 0 Å². The van der Waals surface area contributed by atoms with Crippen LogP contribution in [0, 0.1) is 5.92 Å². The van der Waals surface area contributed by atoms with Gasteiger partial charge in [-0.25, -0.2) is 4.98 Å². The van der Waals surface area contributed by atoms with E-state index < -0.39 is 0 Å². The van der Waals surface area contributed by atoms with Crippen molar-refractivity contribution in [3.05, 3.63) is 59.4 Å². The second-order valence-electron chi connectivity index (χ2n) is 7.86. The summed E-state index contributed by atoms with van der Waals surface area (Å²) in [5, 5.41) is 0. The molecule has 2 heteroatoms. The van der Waals surface area contributed by atoms with Gasteiger partial charge in [-0.1, -0.05) is 63.6 Å². The third kappa shape index (κ3) is 3.63. The molecule has 25 heavy (non-hydrogen) atoms. The third-order valence-electron chi connectivity index (χ3n) is 5.47. The first-order valence-electron chi connectivity index (χ1n) is 9.16. The highest BCUT2D eigenvalue weighted by Crippen LogP contribution is 2.38. The Labute approximate surface area is 153 Å². The Bertz CT molecular complexity index is 797. The molecule has 2 nitrogen and oxygen atoms in total. The minimum Gasteiger partial charge on any atom is -0.300 e. The topological polar surface area (TPSA) is 17.8 Å². The number of hydrogen-bond donors (Lipinski definition) is 0. The lowest BCUT2D eigenvalue weighted by Gasteiger charge is -2.32. The zero-order chi connectivity index (χ0) is 18.8. The van der Waals surface area contributed by atoms with Crippen LogP contribution in [0.1, 0.15) is 61.0 Å². The Morgan fingerprint density at radius 1 is 1.12 bits per heavy atom. The van der Waals surface area contributed by atoms with Crippen molar-refractivity contribution >= 4 is 5.70 Å². The first-order chi connectivity index (χ1) is 11.7. The summed E-state index contributed by atoms with van der Waals surface area (Å²) in [5.74, 6) is 1.55. The van der Waals surface area contributed by atoms with E-state index in [1.807, 2.05) is 6.20 Å². The summed E-state index contributed by atoms with van der Waals surface area (Å²) in [6, 6.07) is 8.69. The second kappa shape index (κ2) is 7.43. The highest BCUT2D eigenvalue weighted by Gasteiger charge is 2.28. The van der Waals surface area contributed by atoms with Crippen molar-refractivity contribution in [3.8, 4) is 11.4 Å². The van der Waals surface area contributed by atoms with Crippen molar-refractivity contribution < 1.29 is 0 Å². The number of imidazole rings is 1. The molecule has 0 saturated carbocycles. The van der Waals surface area contributed by atoms with Crippen LogP contribution in [0.4, 0.5) is 0 Å². The molecule has 0 unspecified atom stereocenters. The third-order valence-corrected chi connectivity index (χ3v) is 5.47. The molecule has 0 N–H and O–H groups in total. The summed E-state index contributed by atoms with van der Waals surface area (Å²) >= 11 is 0. The van der Waals surface area contributed by atoms with E-state index in [0.717, 1.165) is 5.82 Å². The van der Waals surface area contributed by atoms with Crippen molar-refractivity contribution in [2.75, 3.05) is 0 Å². The van der Waals surface area contributed by atoms with Gasteiger partial charge in [0.25, 0.3) is 0 Å². The molecule has 0 atom stereocenters. The van der Waals surface area contributed by atoms with Gasteiger partial charge in [-0.2, -0.15) is 0 Å². The van der Waals surface area contributed by atoms with Crippen molar-refractivity contribution in [3.63, 3.8) is 0 Å². The van der Waals surface area contributed by atoms with E-state index in [4.69, 9.17) is 4.98 Å². The van der Waals surface area contributed by atoms with E-state index in [-0.39, 0.29) is 5.41 Å². The van der Waals surface area contributed by atoms with Gasteiger partial charge in [-0.05, 0) is 50.2 Å². The summed E-state index contributed by atoms with van der Waals surface area (Å²) in [6.07, 6.45) is 6.14. The first-order valence-corrected chi connectivity index (χ1v) is 9.16. The summed E-state index contributed by atoms with van der Waals surface area (Å²) in [5.41, 5.74) is 6.42. The molecule has 0 radical (unpaired) electrons.